The topological polar surface area (TPSA) is 0 Å². The third-order valence-electron chi connectivity index (χ3n) is 1.80. The van der Waals surface area contributed by atoms with Crippen LogP contribution in [-0.2, 0) is 12.2 Å². The molecule has 0 fully saturated rings. The first kappa shape index (κ1) is 8.66. The molecule has 0 aliphatic rings. The average molecular weight is 166 g/mol. The van der Waals surface area contributed by atoms with Crippen LogP contribution in [0.5, 0.6) is 0 Å². The first-order chi connectivity index (χ1) is 5.38. The minimum Gasteiger partial charge on any atom is -0.161 e. The Balaban J connectivity index is 2.83. The molecule has 1 aromatic carbocycles. The summed E-state index contributed by atoms with van der Waals surface area (Å²) in [5.41, 5.74) is 2.98. The summed E-state index contributed by atoms with van der Waals surface area (Å²) in [6, 6.07) is 8.66. The van der Waals surface area contributed by atoms with Crippen molar-refractivity contribution < 1.29 is 0 Å². The Morgan fingerprint density at radius 3 is 2.36 bits per heavy atom. The zero-order chi connectivity index (χ0) is 8.10. The standard InChI is InChI=1S/C10H14S/c1-3-9-6-4-5-7-10(9)8-11-2/h4-7H,3,8H2,1-2H3. The highest BCUT2D eigenvalue weighted by Crippen LogP contribution is 2.14. The van der Waals surface area contributed by atoms with Gasteiger partial charge in [0.05, 0.1) is 0 Å². The van der Waals surface area contributed by atoms with Gasteiger partial charge in [-0.25, -0.2) is 0 Å². The fraction of sp³-hybridized carbons (Fsp3) is 0.400. The Kier molecular flexibility index (Phi) is 3.50. The van der Waals surface area contributed by atoms with Crippen LogP contribution in [0.15, 0.2) is 24.3 Å². The van der Waals surface area contributed by atoms with Crippen molar-refractivity contribution in [1.29, 1.82) is 0 Å². The van der Waals surface area contributed by atoms with E-state index in [1.807, 2.05) is 11.8 Å². The lowest BCUT2D eigenvalue weighted by Crippen LogP contribution is -1.88. The van der Waals surface area contributed by atoms with Gasteiger partial charge in [-0.2, -0.15) is 11.8 Å². The molecule has 1 aromatic rings. The van der Waals surface area contributed by atoms with Crippen LogP contribution in [0.25, 0.3) is 0 Å². The molecule has 0 atom stereocenters. The van der Waals surface area contributed by atoms with Crippen LogP contribution in [0.3, 0.4) is 0 Å². The highest BCUT2D eigenvalue weighted by atomic mass is 32.2. The summed E-state index contributed by atoms with van der Waals surface area (Å²) in [6.45, 7) is 2.21. The van der Waals surface area contributed by atoms with Gasteiger partial charge in [-0.3, -0.25) is 0 Å². The van der Waals surface area contributed by atoms with Gasteiger partial charge >= 0.3 is 0 Å². The maximum Gasteiger partial charge on any atom is 0.0184 e. The Bertz CT molecular complexity index is 218. The van der Waals surface area contributed by atoms with Crippen LogP contribution < -0.4 is 0 Å². The molecule has 0 unspecified atom stereocenters. The van der Waals surface area contributed by atoms with E-state index in [1.165, 1.54) is 11.1 Å². The van der Waals surface area contributed by atoms with Crippen molar-refractivity contribution in [2.75, 3.05) is 6.26 Å². The Hall–Kier alpha value is -0.430. The largest absolute Gasteiger partial charge is 0.161 e. The number of thioether (sulfide) groups is 1. The van der Waals surface area contributed by atoms with Gasteiger partial charge in [0.2, 0.25) is 0 Å². The van der Waals surface area contributed by atoms with Crippen molar-refractivity contribution in [2.24, 2.45) is 0 Å². The van der Waals surface area contributed by atoms with E-state index in [4.69, 9.17) is 0 Å². The second kappa shape index (κ2) is 4.45. The molecular formula is C10H14S. The van der Waals surface area contributed by atoms with Crippen LogP contribution in [-0.4, -0.2) is 6.26 Å². The van der Waals surface area contributed by atoms with Gasteiger partial charge in [-0.1, -0.05) is 31.2 Å². The highest BCUT2D eigenvalue weighted by Gasteiger charge is 1.96. The van der Waals surface area contributed by atoms with Crippen LogP contribution in [0, 0.1) is 0 Å². The van der Waals surface area contributed by atoms with Crippen molar-refractivity contribution >= 4 is 11.8 Å². The van der Waals surface area contributed by atoms with E-state index in [-0.39, 0.29) is 0 Å². The van der Waals surface area contributed by atoms with Gasteiger partial charge in [0.25, 0.3) is 0 Å². The van der Waals surface area contributed by atoms with Gasteiger partial charge in [-0.05, 0) is 23.8 Å². The molecule has 0 amide bonds. The summed E-state index contributed by atoms with van der Waals surface area (Å²) in [6.07, 6.45) is 3.29. The number of aryl methyl sites for hydroxylation is 1. The lowest BCUT2D eigenvalue weighted by atomic mass is 10.1. The van der Waals surface area contributed by atoms with Crippen molar-refractivity contribution in [3.05, 3.63) is 35.4 Å². The predicted molar refractivity (Wildman–Crippen MR) is 53.0 cm³/mol. The van der Waals surface area contributed by atoms with Crippen LogP contribution >= 0.6 is 11.8 Å². The zero-order valence-electron chi connectivity index (χ0n) is 7.13. The fourth-order valence-electron chi connectivity index (χ4n) is 1.20. The average Bonchev–Trinajstić information content (AvgIpc) is 2.06. The molecule has 0 radical (unpaired) electrons. The summed E-state index contributed by atoms with van der Waals surface area (Å²) in [4.78, 5) is 0. The minimum atomic E-state index is 1.14. The van der Waals surface area contributed by atoms with E-state index in [0.717, 1.165) is 12.2 Å². The van der Waals surface area contributed by atoms with E-state index in [1.54, 1.807) is 0 Å². The first-order valence-electron chi connectivity index (χ1n) is 3.94. The van der Waals surface area contributed by atoms with Crippen molar-refractivity contribution in [3.8, 4) is 0 Å². The SMILES string of the molecule is CCc1ccccc1CSC. The van der Waals surface area contributed by atoms with Gasteiger partial charge in [-0.15, -0.1) is 0 Å². The highest BCUT2D eigenvalue weighted by molar-refractivity contribution is 7.97. The second-order valence-corrected chi connectivity index (χ2v) is 3.42. The summed E-state index contributed by atoms with van der Waals surface area (Å²) in [5, 5.41) is 0. The van der Waals surface area contributed by atoms with E-state index in [9.17, 15) is 0 Å². The maximum absolute atomic E-state index is 2.22. The van der Waals surface area contributed by atoms with E-state index >= 15 is 0 Å². The molecule has 0 aromatic heterocycles. The molecule has 0 saturated carbocycles. The number of rotatable bonds is 3. The molecular weight excluding hydrogens is 152 g/mol. The van der Waals surface area contributed by atoms with Crippen molar-refractivity contribution in [1.82, 2.24) is 0 Å². The molecule has 0 aliphatic carbocycles. The van der Waals surface area contributed by atoms with E-state index < -0.39 is 0 Å². The normalized spacial score (nSPS) is 10.0. The molecule has 11 heavy (non-hydrogen) atoms. The van der Waals surface area contributed by atoms with Crippen LogP contribution in [0.1, 0.15) is 18.1 Å². The number of benzene rings is 1. The maximum atomic E-state index is 2.22. The summed E-state index contributed by atoms with van der Waals surface area (Å²) in [7, 11) is 0. The van der Waals surface area contributed by atoms with E-state index in [0.29, 0.717) is 0 Å². The van der Waals surface area contributed by atoms with Crippen LogP contribution in [0.2, 0.25) is 0 Å². The van der Waals surface area contributed by atoms with Gasteiger partial charge in [0, 0.05) is 5.75 Å². The Labute approximate surface area is 73.0 Å². The molecule has 0 N–H and O–H groups in total. The molecule has 1 rings (SSSR count). The van der Waals surface area contributed by atoms with Crippen molar-refractivity contribution in [2.45, 2.75) is 19.1 Å². The molecule has 0 heterocycles. The molecule has 1 heteroatoms. The lowest BCUT2D eigenvalue weighted by molar-refractivity contribution is 1.10. The van der Waals surface area contributed by atoms with Gasteiger partial charge < -0.3 is 0 Å². The van der Waals surface area contributed by atoms with E-state index in [2.05, 4.69) is 37.4 Å². The molecule has 0 nitrogen and oxygen atoms in total. The first-order valence-corrected chi connectivity index (χ1v) is 5.33. The quantitative estimate of drug-likeness (QED) is 0.665. The summed E-state index contributed by atoms with van der Waals surface area (Å²) < 4.78 is 0. The van der Waals surface area contributed by atoms with Crippen LogP contribution in [0.4, 0.5) is 0 Å². The molecule has 0 aliphatic heterocycles. The third kappa shape index (κ3) is 2.26. The molecule has 60 valence electrons. The zero-order valence-corrected chi connectivity index (χ0v) is 7.95. The second-order valence-electron chi connectivity index (χ2n) is 2.56. The monoisotopic (exact) mass is 166 g/mol. The van der Waals surface area contributed by atoms with Gasteiger partial charge in [0.15, 0.2) is 0 Å². The van der Waals surface area contributed by atoms with Gasteiger partial charge in [0.1, 0.15) is 0 Å². The fourth-order valence-corrected chi connectivity index (χ4v) is 1.79. The van der Waals surface area contributed by atoms with Crippen molar-refractivity contribution in [3.63, 3.8) is 0 Å². The summed E-state index contributed by atoms with van der Waals surface area (Å²) >= 11 is 1.88. The predicted octanol–water partition coefficient (Wildman–Crippen LogP) is 3.11. The molecule has 0 bridgehead atoms. The summed E-state index contributed by atoms with van der Waals surface area (Å²) in [5.74, 6) is 1.14. The third-order valence-corrected chi connectivity index (χ3v) is 2.40. The minimum absolute atomic E-state index is 1.14. The lowest BCUT2D eigenvalue weighted by Gasteiger charge is -2.04. The molecule has 0 saturated heterocycles. The smallest absolute Gasteiger partial charge is 0.0184 e. The Morgan fingerprint density at radius 1 is 1.18 bits per heavy atom. The Morgan fingerprint density at radius 2 is 1.82 bits per heavy atom. The molecule has 0 spiro atoms. The number of hydrogen-bond acceptors (Lipinski definition) is 1. The number of hydrogen-bond donors (Lipinski definition) is 0.